The number of hydrazine groups is 1. The fraction of sp³-hybridized carbons (Fsp3) is 0.500. The van der Waals surface area contributed by atoms with E-state index < -0.39 is 0 Å². The molecule has 2 N–H and O–H groups in total. The molecule has 1 aromatic rings. The van der Waals surface area contributed by atoms with Crippen molar-refractivity contribution >= 4 is 0 Å². The first-order valence-electron chi connectivity index (χ1n) is 4.81. The maximum Gasteiger partial charge on any atom is 0.0493 e. The van der Waals surface area contributed by atoms with Gasteiger partial charge in [0, 0.05) is 24.5 Å². The van der Waals surface area contributed by atoms with E-state index in [1.807, 2.05) is 18.5 Å². The summed E-state index contributed by atoms with van der Waals surface area (Å²) in [5.74, 6) is 0. The summed E-state index contributed by atoms with van der Waals surface area (Å²) in [6.07, 6.45) is 6.06. The van der Waals surface area contributed by atoms with Crippen LogP contribution in [-0.4, -0.2) is 11.0 Å². The van der Waals surface area contributed by atoms with E-state index in [1.54, 1.807) is 0 Å². The van der Waals surface area contributed by atoms with Gasteiger partial charge in [-0.15, -0.1) is 0 Å². The highest BCUT2D eigenvalue weighted by atomic mass is 15.4. The lowest BCUT2D eigenvalue weighted by Gasteiger charge is -2.07. The van der Waals surface area contributed by atoms with Crippen LogP contribution in [0.15, 0.2) is 24.5 Å². The van der Waals surface area contributed by atoms with E-state index in [0.29, 0.717) is 12.1 Å². The molecule has 0 amide bonds. The quantitative estimate of drug-likeness (QED) is 0.717. The number of nitrogens with zero attached hydrogens (tertiary/aromatic N) is 1. The zero-order chi connectivity index (χ0) is 9.10. The van der Waals surface area contributed by atoms with E-state index in [9.17, 15) is 0 Å². The Hall–Kier alpha value is -0.930. The summed E-state index contributed by atoms with van der Waals surface area (Å²) in [5.41, 5.74) is 7.83. The van der Waals surface area contributed by atoms with Crippen LogP contribution in [0.1, 0.15) is 31.4 Å². The summed E-state index contributed by atoms with van der Waals surface area (Å²) in [7, 11) is 0. The van der Waals surface area contributed by atoms with Crippen LogP contribution in [0.3, 0.4) is 0 Å². The zero-order valence-electron chi connectivity index (χ0n) is 7.83. The van der Waals surface area contributed by atoms with Gasteiger partial charge >= 0.3 is 0 Å². The lowest BCUT2D eigenvalue weighted by molar-refractivity contribution is 0.532. The molecule has 1 aromatic heterocycles. The van der Waals surface area contributed by atoms with Crippen molar-refractivity contribution in [3.05, 3.63) is 30.1 Å². The molecule has 0 bridgehead atoms. The molecule has 1 aliphatic rings. The summed E-state index contributed by atoms with van der Waals surface area (Å²) in [6.45, 7) is 2.20. The molecule has 2 heterocycles. The van der Waals surface area contributed by atoms with Crippen LogP contribution in [0.5, 0.6) is 0 Å². The van der Waals surface area contributed by atoms with Gasteiger partial charge in [-0.3, -0.25) is 10.4 Å². The van der Waals surface area contributed by atoms with Crippen LogP contribution in [0.2, 0.25) is 0 Å². The fourth-order valence-electron chi connectivity index (χ4n) is 1.69. The van der Waals surface area contributed by atoms with Gasteiger partial charge in [-0.1, -0.05) is 13.0 Å². The van der Waals surface area contributed by atoms with Gasteiger partial charge in [-0.25, -0.2) is 5.43 Å². The maximum absolute atomic E-state index is 4.11. The molecule has 0 spiro atoms. The van der Waals surface area contributed by atoms with Crippen LogP contribution in [0.25, 0.3) is 0 Å². The molecule has 0 radical (unpaired) electrons. The molecule has 70 valence electrons. The highest BCUT2D eigenvalue weighted by molar-refractivity contribution is 5.15. The van der Waals surface area contributed by atoms with Crippen LogP contribution in [0, 0.1) is 0 Å². The first kappa shape index (κ1) is 8.66. The molecule has 1 fully saturated rings. The van der Waals surface area contributed by atoms with E-state index >= 15 is 0 Å². The van der Waals surface area contributed by atoms with Gasteiger partial charge in [0.2, 0.25) is 0 Å². The first-order chi connectivity index (χ1) is 6.40. The average molecular weight is 177 g/mol. The molecule has 3 nitrogen and oxygen atoms in total. The maximum atomic E-state index is 4.11. The highest BCUT2D eigenvalue weighted by Gasteiger charge is 2.23. The second-order valence-electron chi connectivity index (χ2n) is 3.47. The summed E-state index contributed by atoms with van der Waals surface area (Å²) < 4.78 is 0. The second kappa shape index (κ2) is 3.85. The Bertz CT molecular complexity index is 260. The average Bonchev–Trinajstić information content (AvgIpc) is 2.67. The fourth-order valence-corrected chi connectivity index (χ4v) is 1.69. The van der Waals surface area contributed by atoms with Gasteiger partial charge in [0.05, 0.1) is 0 Å². The van der Waals surface area contributed by atoms with Crippen molar-refractivity contribution in [3.8, 4) is 0 Å². The minimum absolute atomic E-state index is 0.429. The number of rotatable bonds is 2. The molecule has 2 unspecified atom stereocenters. The SMILES string of the molecule is CCC1CC(c2cccnc2)NN1. The Labute approximate surface area is 78.5 Å². The van der Waals surface area contributed by atoms with E-state index in [2.05, 4.69) is 28.8 Å². The Morgan fingerprint density at radius 3 is 3.08 bits per heavy atom. The van der Waals surface area contributed by atoms with Crippen molar-refractivity contribution in [2.45, 2.75) is 31.8 Å². The lowest BCUT2D eigenvalue weighted by atomic mass is 10.0. The number of aromatic nitrogens is 1. The summed E-state index contributed by atoms with van der Waals surface area (Å²) in [5, 5.41) is 0. The second-order valence-corrected chi connectivity index (χ2v) is 3.47. The monoisotopic (exact) mass is 177 g/mol. The number of hydrogen-bond donors (Lipinski definition) is 2. The minimum Gasteiger partial charge on any atom is -0.264 e. The van der Waals surface area contributed by atoms with Crippen LogP contribution < -0.4 is 10.9 Å². The van der Waals surface area contributed by atoms with Crippen molar-refractivity contribution in [1.29, 1.82) is 0 Å². The predicted molar refractivity (Wildman–Crippen MR) is 51.9 cm³/mol. The molecule has 1 aliphatic heterocycles. The normalized spacial score (nSPS) is 27.8. The van der Waals surface area contributed by atoms with Crippen molar-refractivity contribution in [1.82, 2.24) is 15.8 Å². The summed E-state index contributed by atoms with van der Waals surface area (Å²) in [4.78, 5) is 4.11. The van der Waals surface area contributed by atoms with E-state index in [-0.39, 0.29) is 0 Å². The van der Waals surface area contributed by atoms with E-state index in [4.69, 9.17) is 0 Å². The molecule has 3 heteroatoms. The van der Waals surface area contributed by atoms with Crippen LogP contribution >= 0.6 is 0 Å². The van der Waals surface area contributed by atoms with Gasteiger partial charge in [0.1, 0.15) is 0 Å². The third kappa shape index (κ3) is 1.87. The summed E-state index contributed by atoms with van der Waals surface area (Å²) in [6, 6.07) is 5.13. The van der Waals surface area contributed by atoms with Gasteiger partial charge < -0.3 is 0 Å². The molecule has 2 rings (SSSR count). The Morgan fingerprint density at radius 2 is 2.46 bits per heavy atom. The molecular weight excluding hydrogens is 162 g/mol. The van der Waals surface area contributed by atoms with Crippen molar-refractivity contribution in [2.24, 2.45) is 0 Å². The minimum atomic E-state index is 0.429. The van der Waals surface area contributed by atoms with Gasteiger partial charge in [-0.2, -0.15) is 0 Å². The lowest BCUT2D eigenvalue weighted by Crippen LogP contribution is -2.30. The van der Waals surface area contributed by atoms with Gasteiger partial charge in [-0.05, 0) is 24.5 Å². The number of hydrogen-bond acceptors (Lipinski definition) is 3. The molecule has 0 aromatic carbocycles. The van der Waals surface area contributed by atoms with Gasteiger partial charge in [0.15, 0.2) is 0 Å². The van der Waals surface area contributed by atoms with Crippen LogP contribution in [-0.2, 0) is 0 Å². The zero-order valence-corrected chi connectivity index (χ0v) is 7.83. The topological polar surface area (TPSA) is 37.0 Å². The van der Waals surface area contributed by atoms with Crippen molar-refractivity contribution in [3.63, 3.8) is 0 Å². The summed E-state index contributed by atoms with van der Waals surface area (Å²) >= 11 is 0. The smallest absolute Gasteiger partial charge is 0.0493 e. The Morgan fingerprint density at radius 1 is 1.54 bits per heavy atom. The van der Waals surface area contributed by atoms with Crippen LogP contribution in [0.4, 0.5) is 0 Å². The molecular formula is C10H15N3. The first-order valence-corrected chi connectivity index (χ1v) is 4.81. The molecule has 13 heavy (non-hydrogen) atoms. The Balaban J connectivity index is 2.04. The Kier molecular flexibility index (Phi) is 2.57. The number of nitrogens with one attached hydrogen (secondary N) is 2. The highest BCUT2D eigenvalue weighted by Crippen LogP contribution is 2.21. The van der Waals surface area contributed by atoms with E-state index in [0.717, 1.165) is 6.42 Å². The number of pyridine rings is 1. The molecule has 2 atom stereocenters. The molecule has 1 saturated heterocycles. The van der Waals surface area contributed by atoms with Crippen molar-refractivity contribution < 1.29 is 0 Å². The predicted octanol–water partition coefficient (Wildman–Crippen LogP) is 1.40. The van der Waals surface area contributed by atoms with Crippen molar-refractivity contribution in [2.75, 3.05) is 0 Å². The third-order valence-electron chi connectivity index (χ3n) is 2.56. The largest absolute Gasteiger partial charge is 0.264 e. The standard InChI is InChI=1S/C10H15N3/c1-2-9-6-10(13-12-9)8-4-3-5-11-7-8/h3-5,7,9-10,12-13H,2,6H2,1H3. The third-order valence-corrected chi connectivity index (χ3v) is 2.56. The molecule has 0 aliphatic carbocycles. The molecule has 0 saturated carbocycles. The van der Waals surface area contributed by atoms with E-state index in [1.165, 1.54) is 12.0 Å². The van der Waals surface area contributed by atoms with Gasteiger partial charge in [0.25, 0.3) is 0 Å².